The Morgan fingerprint density at radius 1 is 1.27 bits per heavy atom. The predicted molar refractivity (Wildman–Crippen MR) is 102 cm³/mol. The fraction of sp³-hybridized carbons (Fsp3) is 0.474. The number of carbonyl (C=O) groups is 1. The summed E-state index contributed by atoms with van der Waals surface area (Å²) in [7, 11) is 0. The second-order valence-corrected chi connectivity index (χ2v) is 6.77. The number of aromatic nitrogens is 2. The van der Waals surface area contributed by atoms with Crippen molar-refractivity contribution < 1.29 is 9.53 Å². The Labute approximate surface area is 159 Å². The fourth-order valence-corrected chi connectivity index (χ4v) is 3.62. The maximum atomic E-state index is 12.5. The molecule has 0 spiro atoms. The molecule has 2 aromatic rings. The standard InChI is InChI=1S/C19H24N4O2.ClH/c24-19(18-15-12-20-10-9-16(15)22-23-18)21-11-13-5-1-4-8-17(13)25-14-6-2-3-7-14;/h1,4-5,8,14,20H,2-3,6-7,9-12H2,(H,21,24)(H,22,23);1H. The Bertz CT molecular complexity index is 756. The van der Waals surface area contributed by atoms with E-state index in [0.717, 1.165) is 48.4 Å². The first-order chi connectivity index (χ1) is 12.3. The minimum absolute atomic E-state index is 0. The van der Waals surface area contributed by atoms with Crippen molar-refractivity contribution in [1.29, 1.82) is 0 Å². The molecular formula is C19H25ClN4O2. The van der Waals surface area contributed by atoms with E-state index in [2.05, 4.69) is 20.8 Å². The summed E-state index contributed by atoms with van der Waals surface area (Å²) in [5.74, 6) is 0.734. The van der Waals surface area contributed by atoms with Crippen LogP contribution in [-0.2, 0) is 19.5 Å². The molecule has 1 fully saturated rings. The average molecular weight is 377 g/mol. The number of aromatic amines is 1. The largest absolute Gasteiger partial charge is 0.490 e. The van der Waals surface area contributed by atoms with Crippen molar-refractivity contribution in [2.24, 2.45) is 0 Å². The zero-order valence-electron chi connectivity index (χ0n) is 14.7. The Balaban J connectivity index is 0.00000196. The van der Waals surface area contributed by atoms with Gasteiger partial charge in [0.1, 0.15) is 5.75 Å². The van der Waals surface area contributed by atoms with Gasteiger partial charge in [0.2, 0.25) is 0 Å². The molecule has 0 unspecified atom stereocenters. The van der Waals surface area contributed by atoms with Gasteiger partial charge in [0, 0.05) is 42.9 Å². The van der Waals surface area contributed by atoms with Gasteiger partial charge in [0.05, 0.1) is 6.10 Å². The van der Waals surface area contributed by atoms with Crippen LogP contribution >= 0.6 is 12.4 Å². The van der Waals surface area contributed by atoms with Crippen LogP contribution in [0.4, 0.5) is 0 Å². The summed E-state index contributed by atoms with van der Waals surface area (Å²) in [6.07, 6.45) is 5.90. The Morgan fingerprint density at radius 2 is 2.08 bits per heavy atom. The zero-order valence-corrected chi connectivity index (χ0v) is 15.5. The first kappa shape index (κ1) is 18.7. The molecule has 0 saturated heterocycles. The van der Waals surface area contributed by atoms with Crippen LogP contribution in [0.1, 0.15) is 53.0 Å². The summed E-state index contributed by atoms with van der Waals surface area (Å²) < 4.78 is 6.14. The number of hydrogen-bond donors (Lipinski definition) is 3. The van der Waals surface area contributed by atoms with Crippen LogP contribution in [0.25, 0.3) is 0 Å². The van der Waals surface area contributed by atoms with Crippen LogP contribution in [0.15, 0.2) is 24.3 Å². The number of nitrogens with one attached hydrogen (secondary N) is 3. The van der Waals surface area contributed by atoms with E-state index in [4.69, 9.17) is 4.74 Å². The first-order valence-electron chi connectivity index (χ1n) is 9.11. The van der Waals surface area contributed by atoms with E-state index in [9.17, 15) is 4.79 Å². The van der Waals surface area contributed by atoms with E-state index >= 15 is 0 Å². The third-order valence-corrected chi connectivity index (χ3v) is 5.03. The van der Waals surface area contributed by atoms with Crippen LogP contribution in [0.3, 0.4) is 0 Å². The van der Waals surface area contributed by atoms with Crippen molar-refractivity contribution >= 4 is 18.3 Å². The smallest absolute Gasteiger partial charge is 0.272 e. The molecule has 1 aliphatic heterocycles. The van der Waals surface area contributed by atoms with E-state index in [1.165, 1.54) is 12.8 Å². The second kappa shape index (κ2) is 8.56. The third kappa shape index (κ3) is 4.02. The van der Waals surface area contributed by atoms with Gasteiger partial charge < -0.3 is 15.4 Å². The van der Waals surface area contributed by atoms with Crippen molar-refractivity contribution in [3.63, 3.8) is 0 Å². The minimum Gasteiger partial charge on any atom is -0.490 e. The van der Waals surface area contributed by atoms with Gasteiger partial charge in [-0.25, -0.2) is 0 Å². The lowest BCUT2D eigenvalue weighted by molar-refractivity contribution is 0.0944. The molecule has 26 heavy (non-hydrogen) atoms. The van der Waals surface area contributed by atoms with Crippen molar-refractivity contribution in [3.8, 4) is 5.75 Å². The van der Waals surface area contributed by atoms with Crippen LogP contribution in [-0.4, -0.2) is 28.8 Å². The monoisotopic (exact) mass is 376 g/mol. The number of amides is 1. The maximum absolute atomic E-state index is 12.5. The number of halogens is 1. The molecule has 1 aromatic heterocycles. The van der Waals surface area contributed by atoms with Gasteiger partial charge in [0.15, 0.2) is 5.69 Å². The second-order valence-electron chi connectivity index (χ2n) is 6.77. The SMILES string of the molecule is Cl.O=C(NCc1ccccc1OC1CCCC1)c1n[nH]c2c1CNCC2. The highest BCUT2D eigenvalue weighted by atomic mass is 35.5. The predicted octanol–water partition coefficient (Wildman–Crippen LogP) is 2.73. The minimum atomic E-state index is -0.142. The van der Waals surface area contributed by atoms with E-state index in [1.807, 2.05) is 24.3 Å². The summed E-state index contributed by atoms with van der Waals surface area (Å²) in [6.45, 7) is 2.05. The summed E-state index contributed by atoms with van der Waals surface area (Å²) in [5.41, 5.74) is 3.55. The number of nitrogens with zero attached hydrogens (tertiary/aromatic N) is 1. The van der Waals surface area contributed by atoms with Crippen LogP contribution < -0.4 is 15.4 Å². The topological polar surface area (TPSA) is 79.0 Å². The van der Waals surface area contributed by atoms with E-state index in [-0.39, 0.29) is 18.3 Å². The number of rotatable bonds is 5. The number of fused-ring (bicyclic) bond motifs is 1. The van der Waals surface area contributed by atoms with Gasteiger partial charge >= 0.3 is 0 Å². The molecule has 1 aliphatic carbocycles. The number of carbonyl (C=O) groups excluding carboxylic acids is 1. The summed E-state index contributed by atoms with van der Waals surface area (Å²) >= 11 is 0. The van der Waals surface area contributed by atoms with E-state index in [0.29, 0.717) is 24.9 Å². The summed E-state index contributed by atoms with van der Waals surface area (Å²) in [5, 5.41) is 13.5. The molecule has 2 aliphatic rings. The van der Waals surface area contributed by atoms with Crippen molar-refractivity contribution in [1.82, 2.24) is 20.8 Å². The molecule has 2 heterocycles. The highest BCUT2D eigenvalue weighted by Gasteiger charge is 2.22. The lowest BCUT2D eigenvalue weighted by Crippen LogP contribution is -2.28. The average Bonchev–Trinajstić information content (AvgIpc) is 3.30. The molecule has 3 N–H and O–H groups in total. The molecule has 0 radical (unpaired) electrons. The maximum Gasteiger partial charge on any atom is 0.272 e. The molecule has 1 saturated carbocycles. The first-order valence-corrected chi connectivity index (χ1v) is 9.11. The lowest BCUT2D eigenvalue weighted by atomic mass is 10.1. The van der Waals surface area contributed by atoms with Crippen LogP contribution in [0.5, 0.6) is 5.75 Å². The Hall–Kier alpha value is -2.05. The zero-order chi connectivity index (χ0) is 17.1. The van der Waals surface area contributed by atoms with Crippen molar-refractivity contribution in [2.75, 3.05) is 6.54 Å². The van der Waals surface area contributed by atoms with Crippen molar-refractivity contribution in [3.05, 3.63) is 46.8 Å². The number of ether oxygens (including phenoxy) is 1. The van der Waals surface area contributed by atoms with Gasteiger partial charge in [0.25, 0.3) is 5.91 Å². The molecule has 140 valence electrons. The number of hydrogen-bond acceptors (Lipinski definition) is 4. The van der Waals surface area contributed by atoms with E-state index < -0.39 is 0 Å². The highest BCUT2D eigenvalue weighted by Crippen LogP contribution is 2.26. The third-order valence-electron chi connectivity index (χ3n) is 5.03. The summed E-state index contributed by atoms with van der Waals surface area (Å²) in [4.78, 5) is 12.5. The van der Waals surface area contributed by atoms with Crippen molar-refractivity contribution in [2.45, 2.75) is 51.3 Å². The van der Waals surface area contributed by atoms with Gasteiger partial charge in [-0.1, -0.05) is 18.2 Å². The molecule has 7 heteroatoms. The van der Waals surface area contributed by atoms with Crippen LogP contribution in [0, 0.1) is 0 Å². The normalized spacial score (nSPS) is 16.6. The lowest BCUT2D eigenvalue weighted by Gasteiger charge is -2.17. The highest BCUT2D eigenvalue weighted by molar-refractivity contribution is 5.94. The van der Waals surface area contributed by atoms with Gasteiger partial charge in [-0.15, -0.1) is 12.4 Å². The molecule has 4 rings (SSSR count). The molecule has 0 bridgehead atoms. The molecule has 0 atom stereocenters. The molecular weight excluding hydrogens is 352 g/mol. The molecule has 1 amide bonds. The Kier molecular flexibility index (Phi) is 6.16. The number of benzene rings is 1. The van der Waals surface area contributed by atoms with Gasteiger partial charge in [-0.2, -0.15) is 5.10 Å². The van der Waals surface area contributed by atoms with Crippen LogP contribution in [0.2, 0.25) is 0 Å². The fourth-order valence-electron chi connectivity index (χ4n) is 3.62. The number of para-hydroxylation sites is 1. The molecule has 1 aromatic carbocycles. The molecule has 6 nitrogen and oxygen atoms in total. The van der Waals surface area contributed by atoms with E-state index in [1.54, 1.807) is 0 Å². The Morgan fingerprint density at radius 3 is 2.92 bits per heavy atom. The quantitative estimate of drug-likeness (QED) is 0.749. The summed E-state index contributed by atoms with van der Waals surface area (Å²) in [6, 6.07) is 7.95. The van der Waals surface area contributed by atoms with Gasteiger partial charge in [-0.3, -0.25) is 9.89 Å². The van der Waals surface area contributed by atoms with Gasteiger partial charge in [-0.05, 0) is 31.7 Å². The number of H-pyrrole nitrogens is 1.